The first-order valence-electron chi connectivity index (χ1n) is 10.2. The van der Waals surface area contributed by atoms with Crippen LogP contribution in [0.5, 0.6) is 0 Å². The number of halogens is 1. The fourth-order valence-electron chi connectivity index (χ4n) is 3.62. The second-order valence-electron chi connectivity index (χ2n) is 7.14. The molecule has 0 amide bonds. The van der Waals surface area contributed by atoms with Crippen molar-refractivity contribution >= 4 is 47.4 Å². The molecule has 0 N–H and O–H groups in total. The lowest BCUT2D eigenvalue weighted by Crippen LogP contribution is -1.94. The fraction of sp³-hybridized carbons (Fsp3) is 0. The van der Waals surface area contributed by atoms with Crippen LogP contribution in [0.1, 0.15) is 0 Å². The van der Waals surface area contributed by atoms with Crippen LogP contribution >= 0.6 is 27.3 Å². The van der Waals surface area contributed by atoms with Gasteiger partial charge in [0.25, 0.3) is 0 Å². The van der Waals surface area contributed by atoms with E-state index in [2.05, 4.69) is 73.8 Å². The van der Waals surface area contributed by atoms with Crippen molar-refractivity contribution in [3.63, 3.8) is 0 Å². The summed E-state index contributed by atoms with van der Waals surface area (Å²) >= 11 is 5.43. The van der Waals surface area contributed by atoms with Crippen LogP contribution in [-0.2, 0) is 0 Å². The Morgan fingerprint density at radius 2 is 1.28 bits per heavy atom. The molecule has 32 heavy (non-hydrogen) atoms. The van der Waals surface area contributed by atoms with Crippen LogP contribution < -0.4 is 0 Å². The van der Waals surface area contributed by atoms with Crippen molar-refractivity contribution in [3.05, 3.63) is 114 Å². The van der Waals surface area contributed by atoms with E-state index >= 15 is 0 Å². The Hall–Kier alpha value is -3.41. The van der Waals surface area contributed by atoms with Gasteiger partial charge in [-0.3, -0.25) is 0 Å². The minimum absolute atomic E-state index is 0.858. The highest BCUT2D eigenvalue weighted by atomic mass is 79.9. The maximum Gasteiger partial charge on any atom is 0.104 e. The van der Waals surface area contributed by atoms with Gasteiger partial charge in [-0.25, -0.2) is 0 Å². The maximum absolute atomic E-state index is 4.16. The highest BCUT2D eigenvalue weighted by Crippen LogP contribution is 2.37. The van der Waals surface area contributed by atoms with Crippen molar-refractivity contribution < 1.29 is 0 Å². The molecule has 6 rings (SSSR count). The number of hydrogen-bond acceptors (Lipinski definition) is 4. The molecule has 0 fully saturated rings. The minimum atomic E-state index is 0.858. The standard InChI is InChI=1S/C15H11N3.C12H7BrS/c1-3-7-12(8-4-1)14-11-16-18-17-15(14)13-9-5-2-6-10-13;13-10-6-3-5-9-8-4-1-2-7-11(8)14-12(9)10/h1-11H;1-7H. The number of nitrogens with zero attached hydrogens (tertiary/aromatic N) is 3. The van der Waals surface area contributed by atoms with Crippen molar-refractivity contribution in [1.82, 2.24) is 15.4 Å². The molecule has 4 aromatic carbocycles. The molecular formula is C27H18BrN3S. The van der Waals surface area contributed by atoms with Gasteiger partial charge in [0.05, 0.1) is 6.20 Å². The van der Waals surface area contributed by atoms with Gasteiger partial charge in [0.1, 0.15) is 5.69 Å². The van der Waals surface area contributed by atoms with Crippen LogP contribution in [0, 0.1) is 0 Å². The molecule has 0 aliphatic rings. The molecule has 0 atom stereocenters. The molecule has 0 bridgehead atoms. The van der Waals surface area contributed by atoms with Gasteiger partial charge in [0, 0.05) is 35.8 Å². The molecule has 0 unspecified atom stereocenters. The van der Waals surface area contributed by atoms with Gasteiger partial charge in [-0.15, -0.1) is 21.5 Å². The lowest BCUT2D eigenvalue weighted by molar-refractivity contribution is 0.873. The first-order chi connectivity index (χ1) is 15.8. The number of hydrogen-bond donors (Lipinski definition) is 0. The van der Waals surface area contributed by atoms with Gasteiger partial charge < -0.3 is 0 Å². The minimum Gasteiger partial charge on any atom is -0.138 e. The fourth-order valence-corrected chi connectivity index (χ4v) is 5.34. The van der Waals surface area contributed by atoms with Crippen LogP contribution in [0.3, 0.4) is 0 Å². The quantitative estimate of drug-likeness (QED) is 0.244. The Labute approximate surface area is 198 Å². The average Bonchev–Trinajstić information content (AvgIpc) is 3.26. The van der Waals surface area contributed by atoms with E-state index in [1.807, 2.05) is 72.0 Å². The summed E-state index contributed by atoms with van der Waals surface area (Å²) in [4.78, 5) is 0. The first-order valence-corrected chi connectivity index (χ1v) is 11.8. The van der Waals surface area contributed by atoms with Crippen LogP contribution in [0.4, 0.5) is 0 Å². The molecule has 154 valence electrons. The molecule has 6 aromatic rings. The van der Waals surface area contributed by atoms with E-state index in [9.17, 15) is 0 Å². The summed E-state index contributed by atoms with van der Waals surface area (Å²) in [5.41, 5.74) is 4.00. The molecule has 0 saturated heterocycles. The summed E-state index contributed by atoms with van der Waals surface area (Å²) in [5.74, 6) is 0. The molecule has 0 aliphatic heterocycles. The summed E-state index contributed by atoms with van der Waals surface area (Å²) in [6, 6.07) is 35.0. The Morgan fingerprint density at radius 3 is 2.06 bits per heavy atom. The second-order valence-corrected chi connectivity index (χ2v) is 9.05. The van der Waals surface area contributed by atoms with Gasteiger partial charge in [0.2, 0.25) is 0 Å². The van der Waals surface area contributed by atoms with Crippen LogP contribution in [-0.4, -0.2) is 15.4 Å². The molecule has 5 heteroatoms. The van der Waals surface area contributed by atoms with Gasteiger partial charge in [-0.05, 0) is 38.8 Å². The topological polar surface area (TPSA) is 38.7 Å². The Morgan fingerprint density at radius 1 is 0.625 bits per heavy atom. The molecule has 0 aliphatic carbocycles. The van der Waals surface area contributed by atoms with Crippen molar-refractivity contribution in [2.24, 2.45) is 0 Å². The predicted octanol–water partition coefficient (Wildman–Crippen LogP) is 8.02. The van der Waals surface area contributed by atoms with Crippen LogP contribution in [0.2, 0.25) is 0 Å². The Balaban J connectivity index is 0.000000139. The van der Waals surface area contributed by atoms with Crippen molar-refractivity contribution in [1.29, 1.82) is 0 Å². The number of rotatable bonds is 2. The molecular weight excluding hydrogens is 478 g/mol. The number of benzene rings is 4. The van der Waals surface area contributed by atoms with E-state index in [0.29, 0.717) is 0 Å². The maximum atomic E-state index is 4.16. The highest BCUT2D eigenvalue weighted by Gasteiger charge is 2.09. The van der Waals surface area contributed by atoms with Gasteiger partial charge in [0.15, 0.2) is 0 Å². The summed E-state index contributed by atoms with van der Waals surface area (Å²) in [5, 5.41) is 14.5. The van der Waals surface area contributed by atoms with Crippen LogP contribution in [0.15, 0.2) is 114 Å². The van der Waals surface area contributed by atoms with Crippen LogP contribution in [0.25, 0.3) is 42.6 Å². The first kappa shape index (κ1) is 20.5. The smallest absolute Gasteiger partial charge is 0.104 e. The normalized spacial score (nSPS) is 10.7. The van der Waals surface area contributed by atoms with E-state index in [-0.39, 0.29) is 0 Å². The highest BCUT2D eigenvalue weighted by molar-refractivity contribution is 9.10. The zero-order valence-electron chi connectivity index (χ0n) is 17.0. The largest absolute Gasteiger partial charge is 0.138 e. The SMILES string of the molecule is Brc1cccc2c1sc1ccccc12.c1ccc(-c2cnnnc2-c2ccccc2)cc1. The molecule has 0 spiro atoms. The number of thiophene rings is 1. The Bertz CT molecular complexity index is 1420. The summed E-state index contributed by atoms with van der Waals surface area (Å²) in [7, 11) is 0. The third kappa shape index (κ3) is 4.17. The lowest BCUT2D eigenvalue weighted by Gasteiger charge is -2.06. The van der Waals surface area contributed by atoms with Gasteiger partial charge >= 0.3 is 0 Å². The van der Waals surface area contributed by atoms with Crippen molar-refractivity contribution in [2.75, 3.05) is 0 Å². The van der Waals surface area contributed by atoms with E-state index < -0.39 is 0 Å². The summed E-state index contributed by atoms with van der Waals surface area (Å²) in [6.07, 6.45) is 1.75. The summed E-state index contributed by atoms with van der Waals surface area (Å²) in [6.45, 7) is 0. The zero-order chi connectivity index (χ0) is 21.8. The Kier molecular flexibility index (Phi) is 6.01. The molecule has 2 aromatic heterocycles. The van der Waals surface area contributed by atoms with E-state index in [0.717, 1.165) is 22.4 Å². The molecule has 3 nitrogen and oxygen atoms in total. The van der Waals surface area contributed by atoms with E-state index in [4.69, 9.17) is 0 Å². The zero-order valence-corrected chi connectivity index (χ0v) is 19.4. The van der Waals surface area contributed by atoms with Crippen molar-refractivity contribution in [3.8, 4) is 22.4 Å². The second kappa shape index (κ2) is 9.39. The number of aromatic nitrogens is 3. The molecule has 0 radical (unpaired) electrons. The van der Waals surface area contributed by atoms with Gasteiger partial charge in [-0.1, -0.05) is 91.0 Å². The van der Waals surface area contributed by atoms with Gasteiger partial charge in [-0.2, -0.15) is 0 Å². The third-order valence-corrected chi connectivity index (χ3v) is 7.27. The van der Waals surface area contributed by atoms with Crippen molar-refractivity contribution in [2.45, 2.75) is 0 Å². The average molecular weight is 496 g/mol. The predicted molar refractivity (Wildman–Crippen MR) is 138 cm³/mol. The third-order valence-electron chi connectivity index (χ3n) is 5.13. The molecule has 0 saturated carbocycles. The molecule has 2 heterocycles. The monoisotopic (exact) mass is 495 g/mol. The lowest BCUT2D eigenvalue weighted by atomic mass is 10.0. The summed E-state index contributed by atoms with van der Waals surface area (Å²) < 4.78 is 3.89. The van der Waals surface area contributed by atoms with E-state index in [1.165, 1.54) is 24.6 Å². The van der Waals surface area contributed by atoms with E-state index in [1.54, 1.807) is 6.20 Å². The number of fused-ring (bicyclic) bond motifs is 3.